The number of nitro groups is 2. The van der Waals surface area contributed by atoms with Crippen molar-refractivity contribution in [2.45, 2.75) is 51.0 Å². The Balaban J connectivity index is 1.88. The summed E-state index contributed by atoms with van der Waals surface area (Å²) < 4.78 is 0. The quantitative estimate of drug-likeness (QED) is 0.610. The minimum absolute atomic E-state index is 0.0311. The lowest BCUT2D eigenvalue weighted by molar-refractivity contribution is -0.394. The molecule has 0 spiro atoms. The van der Waals surface area contributed by atoms with Gasteiger partial charge < -0.3 is 4.90 Å². The largest absolute Gasteiger partial charge is 0.335 e. The molecule has 2 aliphatic rings. The SMILES string of the molecule is O=C(c1cc([N+](=O)[O-])cc([N+](=O)[O-])c1)N1CCC[C@H]1C1CCCCC1. The number of rotatable bonds is 4. The first-order valence-electron chi connectivity index (χ1n) is 8.72. The Morgan fingerprint density at radius 3 is 2.08 bits per heavy atom. The topological polar surface area (TPSA) is 107 Å². The van der Waals surface area contributed by atoms with Gasteiger partial charge in [0, 0.05) is 24.7 Å². The average Bonchev–Trinajstić information content (AvgIpc) is 3.11. The summed E-state index contributed by atoms with van der Waals surface area (Å²) >= 11 is 0. The first kappa shape index (κ1) is 17.3. The highest BCUT2D eigenvalue weighted by atomic mass is 16.6. The molecular weight excluding hydrogens is 326 g/mol. The van der Waals surface area contributed by atoms with Gasteiger partial charge in [-0.3, -0.25) is 25.0 Å². The van der Waals surface area contributed by atoms with Crippen molar-refractivity contribution in [1.82, 2.24) is 4.90 Å². The minimum atomic E-state index is -0.702. The third-order valence-electron chi connectivity index (χ3n) is 5.33. The van der Waals surface area contributed by atoms with Gasteiger partial charge in [0.15, 0.2) is 0 Å². The number of benzene rings is 1. The molecule has 0 N–H and O–H groups in total. The van der Waals surface area contributed by atoms with Crippen LogP contribution >= 0.6 is 0 Å². The van der Waals surface area contributed by atoms with Crippen LogP contribution in [0.25, 0.3) is 0 Å². The molecule has 1 heterocycles. The number of carbonyl (C=O) groups is 1. The molecule has 1 amide bonds. The van der Waals surface area contributed by atoms with Crippen LogP contribution < -0.4 is 0 Å². The number of amides is 1. The first-order valence-corrected chi connectivity index (χ1v) is 8.72. The molecule has 1 saturated heterocycles. The summed E-state index contributed by atoms with van der Waals surface area (Å²) in [6, 6.07) is 3.32. The zero-order chi connectivity index (χ0) is 18.0. The fourth-order valence-electron chi connectivity index (χ4n) is 4.15. The molecule has 1 saturated carbocycles. The Morgan fingerprint density at radius 2 is 1.52 bits per heavy atom. The molecule has 1 aliphatic carbocycles. The van der Waals surface area contributed by atoms with Crippen molar-refractivity contribution in [3.8, 4) is 0 Å². The Bertz CT molecular complexity index is 667. The number of non-ortho nitro benzene ring substituents is 2. The molecule has 1 aromatic carbocycles. The fourth-order valence-corrected chi connectivity index (χ4v) is 4.15. The van der Waals surface area contributed by atoms with Gasteiger partial charge in [-0.25, -0.2) is 0 Å². The second-order valence-electron chi connectivity index (χ2n) is 6.86. The summed E-state index contributed by atoms with van der Waals surface area (Å²) in [4.78, 5) is 35.4. The number of hydrogen-bond acceptors (Lipinski definition) is 5. The van der Waals surface area contributed by atoms with Crippen molar-refractivity contribution >= 4 is 17.3 Å². The van der Waals surface area contributed by atoms with E-state index < -0.39 is 21.2 Å². The van der Waals surface area contributed by atoms with Gasteiger partial charge in [0.05, 0.1) is 21.5 Å². The summed E-state index contributed by atoms with van der Waals surface area (Å²) in [5.74, 6) is 0.133. The molecule has 8 nitrogen and oxygen atoms in total. The van der Waals surface area contributed by atoms with Crippen molar-refractivity contribution in [2.75, 3.05) is 6.54 Å². The van der Waals surface area contributed by atoms with Crippen LogP contribution in [-0.4, -0.2) is 33.2 Å². The lowest BCUT2D eigenvalue weighted by Gasteiger charge is -2.34. The molecule has 0 aromatic heterocycles. The summed E-state index contributed by atoms with van der Waals surface area (Å²) in [7, 11) is 0. The molecule has 1 atom stereocenters. The van der Waals surface area contributed by atoms with Gasteiger partial charge >= 0.3 is 0 Å². The first-order chi connectivity index (χ1) is 12.0. The minimum Gasteiger partial charge on any atom is -0.335 e. The van der Waals surface area contributed by atoms with Gasteiger partial charge in [-0.05, 0) is 31.6 Å². The van der Waals surface area contributed by atoms with E-state index in [0.29, 0.717) is 12.5 Å². The van der Waals surface area contributed by atoms with E-state index in [-0.39, 0.29) is 17.5 Å². The molecular formula is C17H21N3O5. The second kappa shape index (κ2) is 7.16. The standard InChI is InChI=1S/C17H21N3O5/c21-17(13-9-14(19(22)23)11-15(10-13)20(24)25)18-8-4-7-16(18)12-5-2-1-3-6-12/h9-12,16H,1-8H2/t16-/m0/s1. The van der Waals surface area contributed by atoms with Crippen LogP contribution in [0.3, 0.4) is 0 Å². The number of nitro benzene ring substituents is 2. The third kappa shape index (κ3) is 3.62. The molecule has 25 heavy (non-hydrogen) atoms. The number of likely N-dealkylation sites (tertiary alicyclic amines) is 1. The maximum Gasteiger partial charge on any atom is 0.277 e. The number of nitrogens with zero attached hydrogens (tertiary/aromatic N) is 3. The Morgan fingerprint density at radius 1 is 0.920 bits per heavy atom. The van der Waals surface area contributed by atoms with E-state index in [9.17, 15) is 25.0 Å². The molecule has 0 bridgehead atoms. The molecule has 1 aliphatic heterocycles. The monoisotopic (exact) mass is 347 g/mol. The van der Waals surface area contributed by atoms with Gasteiger partial charge in [0.1, 0.15) is 0 Å². The van der Waals surface area contributed by atoms with E-state index in [4.69, 9.17) is 0 Å². The van der Waals surface area contributed by atoms with Crippen LogP contribution in [0.15, 0.2) is 18.2 Å². The normalized spacial score (nSPS) is 21.3. The molecule has 3 rings (SSSR count). The van der Waals surface area contributed by atoms with E-state index in [1.807, 2.05) is 0 Å². The zero-order valence-corrected chi connectivity index (χ0v) is 13.9. The zero-order valence-electron chi connectivity index (χ0n) is 13.9. The smallest absolute Gasteiger partial charge is 0.277 e. The maximum atomic E-state index is 12.9. The predicted molar refractivity (Wildman–Crippen MR) is 90.4 cm³/mol. The molecule has 134 valence electrons. The second-order valence-corrected chi connectivity index (χ2v) is 6.86. The van der Waals surface area contributed by atoms with Crippen molar-refractivity contribution in [3.63, 3.8) is 0 Å². The van der Waals surface area contributed by atoms with Gasteiger partial charge in [-0.15, -0.1) is 0 Å². The lowest BCUT2D eigenvalue weighted by atomic mass is 9.83. The predicted octanol–water partition coefficient (Wildman–Crippen LogP) is 3.69. The molecule has 0 radical (unpaired) electrons. The van der Waals surface area contributed by atoms with Crippen LogP contribution in [-0.2, 0) is 0 Å². The van der Waals surface area contributed by atoms with Crippen molar-refractivity contribution in [3.05, 3.63) is 44.0 Å². The van der Waals surface area contributed by atoms with E-state index in [0.717, 1.165) is 43.9 Å². The highest BCUT2D eigenvalue weighted by molar-refractivity contribution is 5.96. The maximum absolute atomic E-state index is 12.9. The highest BCUT2D eigenvalue weighted by Gasteiger charge is 2.36. The Labute approximate surface area is 145 Å². The Kier molecular flexibility index (Phi) is 4.96. The molecule has 1 aromatic rings. The van der Waals surface area contributed by atoms with Crippen LogP contribution in [0, 0.1) is 26.1 Å². The van der Waals surface area contributed by atoms with Crippen molar-refractivity contribution < 1.29 is 14.6 Å². The molecule has 0 unspecified atom stereocenters. The van der Waals surface area contributed by atoms with Gasteiger partial charge in [0.25, 0.3) is 17.3 Å². The van der Waals surface area contributed by atoms with E-state index in [1.165, 1.54) is 19.3 Å². The van der Waals surface area contributed by atoms with E-state index in [1.54, 1.807) is 4.90 Å². The van der Waals surface area contributed by atoms with E-state index >= 15 is 0 Å². The van der Waals surface area contributed by atoms with E-state index in [2.05, 4.69) is 0 Å². The van der Waals surface area contributed by atoms with Crippen LogP contribution in [0.1, 0.15) is 55.3 Å². The Hall–Kier alpha value is -2.51. The summed E-state index contributed by atoms with van der Waals surface area (Å²) in [5, 5.41) is 22.1. The van der Waals surface area contributed by atoms with Crippen LogP contribution in [0.2, 0.25) is 0 Å². The van der Waals surface area contributed by atoms with Crippen LogP contribution in [0.4, 0.5) is 11.4 Å². The summed E-state index contributed by atoms with van der Waals surface area (Å²) in [5.41, 5.74) is -0.819. The fraction of sp³-hybridized carbons (Fsp3) is 0.588. The number of carbonyl (C=O) groups excluding carboxylic acids is 1. The summed E-state index contributed by atoms with van der Waals surface area (Å²) in [6.07, 6.45) is 7.62. The molecule has 2 fully saturated rings. The van der Waals surface area contributed by atoms with Crippen molar-refractivity contribution in [2.24, 2.45) is 5.92 Å². The average molecular weight is 347 g/mol. The third-order valence-corrected chi connectivity index (χ3v) is 5.33. The number of hydrogen-bond donors (Lipinski definition) is 0. The van der Waals surface area contributed by atoms with Gasteiger partial charge in [0.2, 0.25) is 0 Å². The van der Waals surface area contributed by atoms with Gasteiger partial charge in [-0.2, -0.15) is 0 Å². The lowest BCUT2D eigenvalue weighted by Crippen LogP contribution is -2.40. The molecule has 8 heteroatoms. The van der Waals surface area contributed by atoms with Crippen LogP contribution in [0.5, 0.6) is 0 Å². The van der Waals surface area contributed by atoms with Gasteiger partial charge in [-0.1, -0.05) is 19.3 Å². The summed E-state index contributed by atoms with van der Waals surface area (Å²) in [6.45, 7) is 0.608. The van der Waals surface area contributed by atoms with Crippen molar-refractivity contribution in [1.29, 1.82) is 0 Å². The highest BCUT2D eigenvalue weighted by Crippen LogP contribution is 2.35.